The molecule has 0 fully saturated rings. The first-order valence-electron chi connectivity index (χ1n) is 8.63. The van der Waals surface area contributed by atoms with Crippen LogP contribution in [0.1, 0.15) is 6.92 Å². The Morgan fingerprint density at radius 2 is 1.81 bits per heavy atom. The van der Waals surface area contributed by atoms with Crippen molar-refractivity contribution in [3.05, 3.63) is 48.5 Å². The fourth-order valence-corrected chi connectivity index (χ4v) is 2.46. The third kappa shape index (κ3) is 4.81. The summed E-state index contributed by atoms with van der Waals surface area (Å²) in [7, 11) is 3.96. The van der Waals surface area contributed by atoms with Gasteiger partial charge >= 0.3 is 0 Å². The largest absolute Gasteiger partial charge is 0.494 e. The maximum atomic E-state index is 12.2. The maximum Gasteiger partial charge on any atom is 0.248 e. The first-order valence-corrected chi connectivity index (χ1v) is 8.63. The van der Waals surface area contributed by atoms with Crippen molar-refractivity contribution in [3.8, 4) is 17.1 Å². The fraction of sp³-hybridized carbons (Fsp3) is 0.263. The zero-order valence-electron chi connectivity index (χ0n) is 15.6. The minimum absolute atomic E-state index is 0.0179. The standard InChI is InChI=1S/C19H22N6O2/c1-4-27-17-11-7-15(8-12-17)20-18(26)13-25-22-19(21-23-25)14-5-9-16(10-6-14)24(2)3/h5-12H,4,13H2,1-3H3,(H,20,26). The van der Waals surface area contributed by atoms with Crippen LogP contribution in [-0.2, 0) is 11.3 Å². The van der Waals surface area contributed by atoms with Crippen molar-refractivity contribution in [1.82, 2.24) is 20.2 Å². The number of nitrogens with one attached hydrogen (secondary N) is 1. The zero-order valence-corrected chi connectivity index (χ0v) is 15.6. The molecule has 0 aliphatic carbocycles. The van der Waals surface area contributed by atoms with Crippen LogP contribution in [0.5, 0.6) is 5.75 Å². The van der Waals surface area contributed by atoms with Gasteiger partial charge in [-0.2, -0.15) is 4.80 Å². The van der Waals surface area contributed by atoms with E-state index in [0.29, 0.717) is 18.1 Å². The number of tetrazole rings is 1. The third-order valence-corrected chi connectivity index (χ3v) is 3.83. The SMILES string of the molecule is CCOc1ccc(NC(=O)Cn2nnc(-c3ccc(N(C)C)cc3)n2)cc1. The number of hydrogen-bond donors (Lipinski definition) is 1. The van der Waals surface area contributed by atoms with E-state index in [4.69, 9.17) is 4.74 Å². The van der Waals surface area contributed by atoms with Gasteiger partial charge in [0.15, 0.2) is 0 Å². The molecule has 1 heterocycles. The zero-order chi connectivity index (χ0) is 19.2. The molecular formula is C19H22N6O2. The van der Waals surface area contributed by atoms with E-state index in [9.17, 15) is 4.79 Å². The molecule has 2 aromatic carbocycles. The van der Waals surface area contributed by atoms with Crippen molar-refractivity contribution in [1.29, 1.82) is 0 Å². The van der Waals surface area contributed by atoms with Crippen LogP contribution in [-0.4, -0.2) is 46.8 Å². The lowest BCUT2D eigenvalue weighted by Gasteiger charge is -2.11. The summed E-state index contributed by atoms with van der Waals surface area (Å²) in [5.74, 6) is 1.01. The number of amides is 1. The lowest BCUT2D eigenvalue weighted by atomic mass is 10.2. The van der Waals surface area contributed by atoms with Crippen molar-refractivity contribution in [3.63, 3.8) is 0 Å². The predicted octanol–water partition coefficient (Wildman–Crippen LogP) is 2.44. The van der Waals surface area contributed by atoms with E-state index in [1.807, 2.05) is 62.3 Å². The molecule has 0 saturated heterocycles. The molecule has 0 radical (unpaired) electrons. The number of anilines is 2. The van der Waals surface area contributed by atoms with Crippen molar-refractivity contribution >= 4 is 17.3 Å². The number of nitrogens with zero attached hydrogens (tertiary/aromatic N) is 5. The average Bonchev–Trinajstić information content (AvgIpc) is 3.12. The average molecular weight is 366 g/mol. The van der Waals surface area contributed by atoms with Gasteiger partial charge in [0.2, 0.25) is 11.7 Å². The number of benzene rings is 2. The van der Waals surface area contributed by atoms with Crippen LogP contribution in [0.25, 0.3) is 11.4 Å². The Hall–Kier alpha value is -3.42. The van der Waals surface area contributed by atoms with Gasteiger partial charge in [-0.1, -0.05) is 0 Å². The summed E-state index contributed by atoms with van der Waals surface area (Å²) in [6.45, 7) is 2.51. The molecule has 3 rings (SSSR count). The van der Waals surface area contributed by atoms with E-state index in [-0.39, 0.29) is 12.5 Å². The van der Waals surface area contributed by atoms with Crippen molar-refractivity contribution in [2.75, 3.05) is 30.9 Å². The lowest BCUT2D eigenvalue weighted by molar-refractivity contribution is -0.117. The minimum Gasteiger partial charge on any atom is -0.494 e. The number of carbonyl (C=O) groups excluding carboxylic acids is 1. The number of aromatic nitrogens is 4. The fourth-order valence-electron chi connectivity index (χ4n) is 2.46. The Morgan fingerprint density at radius 3 is 2.44 bits per heavy atom. The Morgan fingerprint density at radius 1 is 1.11 bits per heavy atom. The van der Waals surface area contributed by atoms with Crippen molar-refractivity contribution in [2.45, 2.75) is 13.5 Å². The quantitative estimate of drug-likeness (QED) is 0.691. The van der Waals surface area contributed by atoms with Gasteiger partial charge in [0.25, 0.3) is 0 Å². The van der Waals surface area contributed by atoms with Gasteiger partial charge in [-0.15, -0.1) is 10.2 Å². The number of ether oxygens (including phenoxy) is 1. The molecule has 0 unspecified atom stereocenters. The van der Waals surface area contributed by atoms with E-state index < -0.39 is 0 Å². The molecule has 1 amide bonds. The second-order valence-corrected chi connectivity index (χ2v) is 6.09. The van der Waals surface area contributed by atoms with Gasteiger partial charge in [-0.3, -0.25) is 4.79 Å². The third-order valence-electron chi connectivity index (χ3n) is 3.83. The molecule has 0 aliphatic rings. The lowest BCUT2D eigenvalue weighted by Crippen LogP contribution is -2.20. The summed E-state index contributed by atoms with van der Waals surface area (Å²) in [6, 6.07) is 15.0. The molecule has 8 heteroatoms. The number of hydrogen-bond acceptors (Lipinski definition) is 6. The van der Waals surface area contributed by atoms with Crippen molar-refractivity contribution < 1.29 is 9.53 Å². The highest BCUT2D eigenvalue weighted by Gasteiger charge is 2.10. The molecule has 1 N–H and O–H groups in total. The van der Waals surface area contributed by atoms with E-state index in [1.54, 1.807) is 12.1 Å². The molecule has 8 nitrogen and oxygen atoms in total. The van der Waals surface area contributed by atoms with Crippen LogP contribution >= 0.6 is 0 Å². The molecule has 140 valence electrons. The molecule has 3 aromatic rings. The summed E-state index contributed by atoms with van der Waals surface area (Å²) in [5, 5.41) is 15.1. The van der Waals surface area contributed by atoms with Gasteiger partial charge in [-0.25, -0.2) is 0 Å². The predicted molar refractivity (Wildman–Crippen MR) is 104 cm³/mol. The molecule has 0 aliphatic heterocycles. The van der Waals surface area contributed by atoms with Crippen LogP contribution in [0.3, 0.4) is 0 Å². The summed E-state index contributed by atoms with van der Waals surface area (Å²) < 4.78 is 5.38. The van der Waals surface area contributed by atoms with Crippen LogP contribution in [0.15, 0.2) is 48.5 Å². The topological polar surface area (TPSA) is 85.2 Å². The highest BCUT2D eigenvalue weighted by Crippen LogP contribution is 2.19. The van der Waals surface area contributed by atoms with E-state index in [1.165, 1.54) is 4.80 Å². The minimum atomic E-state index is -0.230. The Bertz CT molecular complexity index is 887. The highest BCUT2D eigenvalue weighted by molar-refractivity contribution is 5.90. The van der Waals surface area contributed by atoms with Gasteiger partial charge < -0.3 is 15.0 Å². The second-order valence-electron chi connectivity index (χ2n) is 6.09. The Balaban J connectivity index is 1.60. The highest BCUT2D eigenvalue weighted by atomic mass is 16.5. The van der Waals surface area contributed by atoms with Crippen molar-refractivity contribution in [2.24, 2.45) is 0 Å². The first-order chi connectivity index (χ1) is 13.0. The summed E-state index contributed by atoms with van der Waals surface area (Å²) in [6.07, 6.45) is 0. The summed E-state index contributed by atoms with van der Waals surface area (Å²) >= 11 is 0. The first kappa shape index (κ1) is 18.4. The Kier molecular flexibility index (Phi) is 5.65. The molecular weight excluding hydrogens is 344 g/mol. The van der Waals surface area contributed by atoms with Gasteiger partial charge in [-0.05, 0) is 60.7 Å². The van der Waals surface area contributed by atoms with Gasteiger partial charge in [0, 0.05) is 31.0 Å². The summed E-state index contributed by atoms with van der Waals surface area (Å²) in [4.78, 5) is 15.5. The number of rotatable bonds is 7. The normalized spacial score (nSPS) is 10.5. The van der Waals surface area contributed by atoms with Crippen LogP contribution in [0.4, 0.5) is 11.4 Å². The second kappa shape index (κ2) is 8.31. The van der Waals surface area contributed by atoms with Crippen LogP contribution < -0.4 is 15.0 Å². The van der Waals surface area contributed by atoms with E-state index >= 15 is 0 Å². The molecule has 0 spiro atoms. The maximum absolute atomic E-state index is 12.2. The van der Waals surface area contributed by atoms with Gasteiger partial charge in [0.05, 0.1) is 6.61 Å². The molecule has 27 heavy (non-hydrogen) atoms. The molecule has 1 aromatic heterocycles. The van der Waals surface area contributed by atoms with Crippen LogP contribution in [0.2, 0.25) is 0 Å². The Labute approximate surface area is 157 Å². The number of carbonyl (C=O) groups is 1. The molecule has 0 bridgehead atoms. The van der Waals surface area contributed by atoms with E-state index in [2.05, 4.69) is 20.7 Å². The summed E-state index contributed by atoms with van der Waals surface area (Å²) in [5.41, 5.74) is 2.61. The van der Waals surface area contributed by atoms with Gasteiger partial charge in [0.1, 0.15) is 12.3 Å². The molecule has 0 saturated carbocycles. The monoisotopic (exact) mass is 366 g/mol. The smallest absolute Gasteiger partial charge is 0.248 e. The van der Waals surface area contributed by atoms with Crippen LogP contribution in [0, 0.1) is 0 Å². The molecule has 0 atom stereocenters. The van der Waals surface area contributed by atoms with E-state index in [0.717, 1.165) is 17.0 Å².